The Kier molecular flexibility index (Phi) is 2.59. The van der Waals surface area contributed by atoms with Crippen LogP contribution in [0.25, 0.3) is 0 Å². The largest absolute Gasteiger partial charge is 0.743 e. The van der Waals surface area contributed by atoms with E-state index in [2.05, 4.69) is 0 Å². The van der Waals surface area contributed by atoms with E-state index in [1.54, 1.807) is 6.08 Å². The van der Waals surface area contributed by atoms with E-state index < -0.39 is 33.1 Å². The zero-order valence-corrected chi connectivity index (χ0v) is 9.26. The Bertz CT molecular complexity index is 457. The van der Waals surface area contributed by atoms with Crippen LogP contribution in [0.5, 0.6) is 0 Å². The Morgan fingerprint density at radius 3 is 2.06 bits per heavy atom. The van der Waals surface area contributed by atoms with E-state index in [1.807, 2.05) is 0 Å². The average Bonchev–Trinajstić information content (AvgIpc) is 2.76. The van der Waals surface area contributed by atoms with Crippen molar-refractivity contribution in [2.24, 2.45) is 17.8 Å². The summed E-state index contributed by atoms with van der Waals surface area (Å²) in [5.74, 6) is -7.60. The van der Waals surface area contributed by atoms with Gasteiger partial charge in [-0.1, -0.05) is 12.2 Å². The van der Waals surface area contributed by atoms with Crippen LogP contribution in [0.1, 0.15) is 12.8 Å². The van der Waals surface area contributed by atoms with Crippen molar-refractivity contribution in [1.29, 1.82) is 0 Å². The number of alkyl halides is 4. The minimum Gasteiger partial charge on any atom is -0.743 e. The van der Waals surface area contributed by atoms with E-state index in [0.29, 0.717) is 6.42 Å². The Morgan fingerprint density at radius 1 is 1.12 bits per heavy atom. The molecular formula is C9H9F4O3S-. The summed E-state index contributed by atoms with van der Waals surface area (Å²) in [6.07, 6.45) is 3.15. The third kappa shape index (κ3) is 1.69. The quantitative estimate of drug-likeness (QED) is 0.449. The number of hydrogen-bond acceptors (Lipinski definition) is 3. The molecule has 0 aliphatic heterocycles. The molecule has 0 heterocycles. The minimum atomic E-state index is -6.37. The lowest BCUT2D eigenvalue weighted by Gasteiger charge is -2.35. The predicted octanol–water partition coefficient (Wildman–Crippen LogP) is 1.97. The molecule has 0 aromatic carbocycles. The summed E-state index contributed by atoms with van der Waals surface area (Å²) in [7, 11) is -6.37. The van der Waals surface area contributed by atoms with Gasteiger partial charge in [0.1, 0.15) is 0 Å². The van der Waals surface area contributed by atoms with Gasteiger partial charge in [-0.15, -0.1) is 0 Å². The Balaban J connectivity index is 2.34. The monoisotopic (exact) mass is 273 g/mol. The van der Waals surface area contributed by atoms with Gasteiger partial charge in [-0.3, -0.25) is 0 Å². The highest BCUT2D eigenvalue weighted by atomic mass is 32.2. The van der Waals surface area contributed by atoms with Gasteiger partial charge in [0, 0.05) is 5.92 Å². The van der Waals surface area contributed by atoms with E-state index in [1.165, 1.54) is 6.08 Å². The van der Waals surface area contributed by atoms with E-state index >= 15 is 0 Å². The molecule has 2 rings (SSSR count). The first kappa shape index (κ1) is 12.8. The van der Waals surface area contributed by atoms with Gasteiger partial charge in [0.25, 0.3) is 0 Å². The zero-order valence-electron chi connectivity index (χ0n) is 8.45. The summed E-state index contributed by atoms with van der Waals surface area (Å²) in [6, 6.07) is 0. The number of hydrogen-bond donors (Lipinski definition) is 0. The molecule has 0 aromatic rings. The summed E-state index contributed by atoms with van der Waals surface area (Å²) >= 11 is 0. The zero-order chi connectivity index (χ0) is 13.1. The molecule has 2 aliphatic rings. The molecule has 0 saturated heterocycles. The maximum Gasteiger partial charge on any atom is 0.396 e. The smallest absolute Gasteiger partial charge is 0.396 e. The molecule has 8 heteroatoms. The third-order valence-electron chi connectivity index (χ3n) is 3.45. The summed E-state index contributed by atoms with van der Waals surface area (Å²) in [5.41, 5.74) is 0. The average molecular weight is 273 g/mol. The SMILES string of the molecule is O=S(=O)([O-])C(F)(F)C(F)(F)C1CC2C=CC1C2. The van der Waals surface area contributed by atoms with Crippen molar-refractivity contribution in [3.05, 3.63) is 12.2 Å². The molecule has 3 unspecified atom stereocenters. The highest BCUT2D eigenvalue weighted by Gasteiger charge is 2.68. The molecule has 98 valence electrons. The van der Waals surface area contributed by atoms with Gasteiger partial charge >= 0.3 is 11.2 Å². The predicted molar refractivity (Wildman–Crippen MR) is 48.4 cm³/mol. The fourth-order valence-electron chi connectivity index (χ4n) is 2.58. The summed E-state index contributed by atoms with van der Waals surface area (Å²) in [5, 5.41) is -5.55. The molecule has 2 aliphatic carbocycles. The fraction of sp³-hybridized carbons (Fsp3) is 0.778. The van der Waals surface area contributed by atoms with Gasteiger partial charge < -0.3 is 4.55 Å². The lowest BCUT2D eigenvalue weighted by molar-refractivity contribution is -0.198. The molecular weight excluding hydrogens is 264 g/mol. The lowest BCUT2D eigenvalue weighted by Crippen LogP contribution is -2.52. The van der Waals surface area contributed by atoms with Crippen molar-refractivity contribution in [1.82, 2.24) is 0 Å². The van der Waals surface area contributed by atoms with Crippen LogP contribution in [0.15, 0.2) is 12.2 Å². The van der Waals surface area contributed by atoms with Gasteiger partial charge in [-0.25, -0.2) is 8.42 Å². The Labute approximate surface area is 95.2 Å². The molecule has 3 atom stereocenters. The lowest BCUT2D eigenvalue weighted by atomic mass is 9.87. The second kappa shape index (κ2) is 3.44. The Morgan fingerprint density at radius 2 is 1.71 bits per heavy atom. The molecule has 2 bridgehead atoms. The summed E-state index contributed by atoms with van der Waals surface area (Å²) in [4.78, 5) is 0. The molecule has 17 heavy (non-hydrogen) atoms. The van der Waals surface area contributed by atoms with Gasteiger partial charge in [0.2, 0.25) is 0 Å². The van der Waals surface area contributed by atoms with Crippen LogP contribution in [0.2, 0.25) is 0 Å². The van der Waals surface area contributed by atoms with E-state index in [-0.39, 0.29) is 12.3 Å². The molecule has 0 amide bonds. The highest BCUT2D eigenvalue weighted by Crippen LogP contribution is 2.55. The summed E-state index contributed by atoms with van der Waals surface area (Å²) < 4.78 is 83.8. The molecule has 0 radical (unpaired) electrons. The summed E-state index contributed by atoms with van der Waals surface area (Å²) in [6.45, 7) is 0. The van der Waals surface area contributed by atoms with Crippen LogP contribution in [0.4, 0.5) is 17.6 Å². The normalized spacial score (nSPS) is 33.4. The molecule has 1 fully saturated rings. The number of halogens is 4. The third-order valence-corrected chi connectivity index (χ3v) is 4.35. The van der Waals surface area contributed by atoms with Gasteiger partial charge in [-0.2, -0.15) is 17.6 Å². The van der Waals surface area contributed by atoms with Crippen molar-refractivity contribution < 1.29 is 30.5 Å². The first-order valence-corrected chi connectivity index (χ1v) is 6.37. The maximum atomic E-state index is 13.5. The van der Waals surface area contributed by atoms with Crippen molar-refractivity contribution in [3.63, 3.8) is 0 Å². The van der Waals surface area contributed by atoms with Crippen LogP contribution >= 0.6 is 0 Å². The first-order valence-electron chi connectivity index (χ1n) is 4.97. The van der Waals surface area contributed by atoms with Gasteiger partial charge in [-0.05, 0) is 24.7 Å². The molecule has 0 N–H and O–H groups in total. The molecule has 1 saturated carbocycles. The molecule has 0 spiro atoms. The van der Waals surface area contributed by atoms with Crippen molar-refractivity contribution in [3.8, 4) is 0 Å². The highest BCUT2D eigenvalue weighted by molar-refractivity contribution is 7.86. The standard InChI is InChI=1S/C9H10F4O3S/c10-8(11,9(12,13)17(14,15)16)7-4-5-1-2-6(7)3-5/h1-2,5-7H,3-4H2,(H,14,15,16)/p-1. The topological polar surface area (TPSA) is 57.2 Å². The van der Waals surface area contributed by atoms with E-state index in [4.69, 9.17) is 0 Å². The maximum absolute atomic E-state index is 13.5. The number of fused-ring (bicyclic) bond motifs is 2. The van der Waals surface area contributed by atoms with Gasteiger partial charge in [0.15, 0.2) is 10.1 Å². The van der Waals surface area contributed by atoms with E-state index in [9.17, 15) is 30.5 Å². The number of rotatable bonds is 3. The van der Waals surface area contributed by atoms with Crippen molar-refractivity contribution in [2.75, 3.05) is 0 Å². The second-order valence-corrected chi connectivity index (χ2v) is 5.90. The van der Waals surface area contributed by atoms with Gasteiger partial charge in [0.05, 0.1) is 0 Å². The molecule has 3 nitrogen and oxygen atoms in total. The Hall–Kier alpha value is -0.630. The fourth-order valence-corrected chi connectivity index (χ4v) is 3.06. The molecule has 0 aromatic heterocycles. The van der Waals surface area contributed by atoms with E-state index in [0.717, 1.165) is 0 Å². The minimum absolute atomic E-state index is 0.209. The van der Waals surface area contributed by atoms with Crippen molar-refractivity contribution >= 4 is 10.1 Å². The number of allylic oxidation sites excluding steroid dienone is 2. The first-order chi connectivity index (χ1) is 7.57. The van der Waals surface area contributed by atoms with Crippen LogP contribution in [-0.2, 0) is 10.1 Å². The van der Waals surface area contributed by atoms with Crippen LogP contribution in [0.3, 0.4) is 0 Å². The van der Waals surface area contributed by atoms with Crippen LogP contribution in [0, 0.1) is 17.8 Å². The van der Waals surface area contributed by atoms with Crippen LogP contribution in [-0.4, -0.2) is 24.1 Å². The second-order valence-electron chi connectivity index (χ2n) is 4.48. The van der Waals surface area contributed by atoms with Crippen molar-refractivity contribution in [2.45, 2.75) is 24.0 Å². The van der Waals surface area contributed by atoms with Crippen LogP contribution < -0.4 is 0 Å².